The lowest BCUT2D eigenvalue weighted by molar-refractivity contribution is 0.863. The standard InChI is InChI=1S/C11H11N2/c1-12-7-9-6-10-4-2-3-5-11(10)13-8-9/h2-6,8,12H,1,7H2. The van der Waals surface area contributed by atoms with Gasteiger partial charge in [-0.3, -0.25) is 4.98 Å². The van der Waals surface area contributed by atoms with Crippen LogP contribution in [0, 0.1) is 7.05 Å². The summed E-state index contributed by atoms with van der Waals surface area (Å²) in [5.74, 6) is 0. The Kier molecular flexibility index (Phi) is 2.23. The first kappa shape index (κ1) is 8.20. The van der Waals surface area contributed by atoms with Crippen LogP contribution in [0.25, 0.3) is 10.9 Å². The predicted octanol–water partition coefficient (Wildman–Crippen LogP) is 2.12. The molecule has 0 spiro atoms. The molecule has 1 radical (unpaired) electrons. The molecule has 13 heavy (non-hydrogen) atoms. The number of aromatic nitrogens is 1. The van der Waals surface area contributed by atoms with Crippen LogP contribution in [-0.4, -0.2) is 4.98 Å². The summed E-state index contributed by atoms with van der Waals surface area (Å²) in [4.78, 5) is 4.33. The van der Waals surface area contributed by atoms with Crippen molar-refractivity contribution < 1.29 is 0 Å². The van der Waals surface area contributed by atoms with Gasteiger partial charge in [-0.05, 0) is 17.7 Å². The Hall–Kier alpha value is -1.41. The number of fused-ring (bicyclic) bond motifs is 1. The molecular weight excluding hydrogens is 160 g/mol. The second-order valence-corrected chi connectivity index (χ2v) is 2.96. The van der Waals surface area contributed by atoms with Gasteiger partial charge in [-0.1, -0.05) is 18.2 Å². The highest BCUT2D eigenvalue weighted by Crippen LogP contribution is 2.12. The first-order valence-electron chi connectivity index (χ1n) is 4.24. The molecule has 2 aromatic rings. The molecule has 0 aliphatic heterocycles. The van der Waals surface area contributed by atoms with E-state index in [0.29, 0.717) is 0 Å². The second kappa shape index (κ2) is 3.54. The van der Waals surface area contributed by atoms with Gasteiger partial charge in [0, 0.05) is 25.2 Å². The highest BCUT2D eigenvalue weighted by molar-refractivity contribution is 5.78. The zero-order chi connectivity index (χ0) is 9.10. The van der Waals surface area contributed by atoms with Gasteiger partial charge in [-0.25, -0.2) is 0 Å². The number of nitrogens with zero attached hydrogens (tertiary/aromatic N) is 1. The van der Waals surface area contributed by atoms with Crippen molar-refractivity contribution in [3.05, 3.63) is 49.1 Å². The summed E-state index contributed by atoms with van der Waals surface area (Å²) in [6.07, 6.45) is 1.88. The summed E-state index contributed by atoms with van der Waals surface area (Å²) in [7, 11) is 3.58. The number of pyridine rings is 1. The first-order chi connectivity index (χ1) is 6.40. The molecule has 0 bridgehead atoms. The molecule has 1 aromatic heterocycles. The van der Waals surface area contributed by atoms with Gasteiger partial charge < -0.3 is 5.32 Å². The maximum absolute atomic E-state index is 4.33. The van der Waals surface area contributed by atoms with Gasteiger partial charge in [0.15, 0.2) is 0 Å². The lowest BCUT2D eigenvalue weighted by Crippen LogP contribution is -2.02. The quantitative estimate of drug-likeness (QED) is 0.748. The smallest absolute Gasteiger partial charge is 0.0702 e. The first-order valence-corrected chi connectivity index (χ1v) is 4.24. The van der Waals surface area contributed by atoms with Crippen molar-refractivity contribution in [2.75, 3.05) is 0 Å². The molecule has 0 unspecified atom stereocenters. The number of nitrogens with one attached hydrogen (secondary N) is 1. The molecule has 0 atom stereocenters. The Morgan fingerprint density at radius 3 is 3.00 bits per heavy atom. The van der Waals surface area contributed by atoms with Crippen LogP contribution in [0.5, 0.6) is 0 Å². The van der Waals surface area contributed by atoms with Gasteiger partial charge in [-0.2, -0.15) is 0 Å². The van der Waals surface area contributed by atoms with Crippen LogP contribution < -0.4 is 5.32 Å². The minimum absolute atomic E-state index is 0.762. The normalized spacial score (nSPS) is 10.5. The molecular formula is C11H11N2. The van der Waals surface area contributed by atoms with Gasteiger partial charge >= 0.3 is 0 Å². The van der Waals surface area contributed by atoms with Crippen LogP contribution in [0.3, 0.4) is 0 Å². The van der Waals surface area contributed by atoms with Crippen LogP contribution >= 0.6 is 0 Å². The summed E-state index contributed by atoms with van der Waals surface area (Å²) in [6, 6.07) is 10.2. The van der Waals surface area contributed by atoms with E-state index < -0.39 is 0 Å². The minimum atomic E-state index is 0.762. The van der Waals surface area contributed by atoms with E-state index in [1.165, 1.54) is 5.39 Å². The summed E-state index contributed by atoms with van der Waals surface area (Å²) in [6.45, 7) is 0.762. The fraction of sp³-hybridized carbons (Fsp3) is 0.0909. The van der Waals surface area contributed by atoms with Gasteiger partial charge in [0.1, 0.15) is 0 Å². The van der Waals surface area contributed by atoms with Crippen LogP contribution in [0.1, 0.15) is 5.56 Å². The highest BCUT2D eigenvalue weighted by atomic mass is 14.8. The van der Waals surface area contributed by atoms with Gasteiger partial charge in [-0.15, -0.1) is 0 Å². The molecule has 2 heteroatoms. The number of benzene rings is 1. The van der Waals surface area contributed by atoms with E-state index >= 15 is 0 Å². The summed E-state index contributed by atoms with van der Waals surface area (Å²) in [5, 5.41) is 4.03. The topological polar surface area (TPSA) is 24.9 Å². The van der Waals surface area contributed by atoms with Crippen LogP contribution in [-0.2, 0) is 6.54 Å². The Morgan fingerprint density at radius 2 is 2.15 bits per heavy atom. The zero-order valence-electron chi connectivity index (χ0n) is 7.33. The maximum atomic E-state index is 4.33. The summed E-state index contributed by atoms with van der Waals surface area (Å²) >= 11 is 0. The average molecular weight is 171 g/mol. The Bertz CT molecular complexity index is 410. The molecule has 0 amide bonds. The van der Waals surface area contributed by atoms with Crippen molar-refractivity contribution in [3.63, 3.8) is 0 Å². The van der Waals surface area contributed by atoms with Crippen LogP contribution in [0.15, 0.2) is 36.5 Å². The molecule has 1 heterocycles. The van der Waals surface area contributed by atoms with E-state index in [9.17, 15) is 0 Å². The zero-order valence-corrected chi connectivity index (χ0v) is 7.33. The molecule has 2 rings (SSSR count). The molecule has 0 aliphatic carbocycles. The molecule has 1 aromatic carbocycles. The second-order valence-electron chi connectivity index (χ2n) is 2.96. The number of hydrogen-bond donors (Lipinski definition) is 1. The van der Waals surface area contributed by atoms with Crippen molar-refractivity contribution >= 4 is 10.9 Å². The molecule has 0 fully saturated rings. The van der Waals surface area contributed by atoms with Crippen molar-refractivity contribution in [3.8, 4) is 0 Å². The Morgan fingerprint density at radius 1 is 1.31 bits per heavy atom. The molecule has 0 saturated heterocycles. The lowest BCUT2D eigenvalue weighted by atomic mass is 10.1. The van der Waals surface area contributed by atoms with Gasteiger partial charge in [0.25, 0.3) is 0 Å². The SMILES string of the molecule is [CH2]NCc1cnc2ccccc2c1. The Labute approximate surface area is 77.6 Å². The Balaban J connectivity index is 2.49. The molecule has 0 saturated carbocycles. The largest absolute Gasteiger partial charge is 0.311 e. The monoisotopic (exact) mass is 171 g/mol. The number of rotatable bonds is 2. The fourth-order valence-corrected chi connectivity index (χ4v) is 1.36. The minimum Gasteiger partial charge on any atom is -0.311 e. The molecule has 65 valence electrons. The van der Waals surface area contributed by atoms with Crippen molar-refractivity contribution in [2.24, 2.45) is 0 Å². The highest BCUT2D eigenvalue weighted by Gasteiger charge is 1.95. The fourth-order valence-electron chi connectivity index (χ4n) is 1.36. The van der Waals surface area contributed by atoms with Crippen LogP contribution in [0.2, 0.25) is 0 Å². The number of hydrogen-bond acceptors (Lipinski definition) is 2. The number of para-hydroxylation sites is 1. The molecule has 2 nitrogen and oxygen atoms in total. The van der Waals surface area contributed by atoms with E-state index in [-0.39, 0.29) is 0 Å². The van der Waals surface area contributed by atoms with E-state index in [1.807, 2.05) is 24.4 Å². The van der Waals surface area contributed by atoms with Crippen LogP contribution in [0.4, 0.5) is 0 Å². The molecule has 0 aliphatic rings. The lowest BCUT2D eigenvalue weighted by Gasteiger charge is -2.01. The van der Waals surface area contributed by atoms with E-state index in [1.54, 1.807) is 0 Å². The predicted molar refractivity (Wildman–Crippen MR) is 53.9 cm³/mol. The van der Waals surface area contributed by atoms with E-state index in [4.69, 9.17) is 0 Å². The summed E-state index contributed by atoms with van der Waals surface area (Å²) < 4.78 is 0. The maximum Gasteiger partial charge on any atom is 0.0702 e. The third-order valence-corrected chi connectivity index (χ3v) is 1.98. The summed E-state index contributed by atoms with van der Waals surface area (Å²) in [5.41, 5.74) is 2.20. The van der Waals surface area contributed by atoms with Crippen molar-refractivity contribution in [1.82, 2.24) is 10.3 Å². The van der Waals surface area contributed by atoms with Crippen molar-refractivity contribution in [1.29, 1.82) is 0 Å². The average Bonchev–Trinajstić information content (AvgIpc) is 2.18. The third kappa shape index (κ3) is 1.68. The van der Waals surface area contributed by atoms with Gasteiger partial charge in [0.05, 0.1) is 5.52 Å². The van der Waals surface area contributed by atoms with E-state index in [2.05, 4.69) is 29.5 Å². The van der Waals surface area contributed by atoms with Gasteiger partial charge in [0.2, 0.25) is 0 Å². The molecule has 1 N–H and O–H groups in total. The van der Waals surface area contributed by atoms with E-state index in [0.717, 1.165) is 17.6 Å². The third-order valence-electron chi connectivity index (χ3n) is 1.98. The van der Waals surface area contributed by atoms with Crippen molar-refractivity contribution in [2.45, 2.75) is 6.54 Å².